The highest BCUT2D eigenvalue weighted by Gasteiger charge is 2.36. The molecule has 2 aliphatic heterocycles. The number of hydrogen-bond donors (Lipinski definition) is 0. The lowest BCUT2D eigenvalue weighted by atomic mass is 9.93. The molecule has 0 N–H and O–H groups in total. The molecule has 13 heavy (non-hydrogen) atoms. The molecule has 0 aromatic heterocycles. The summed E-state index contributed by atoms with van der Waals surface area (Å²) in [5.41, 5.74) is 0. The van der Waals surface area contributed by atoms with E-state index < -0.39 is 0 Å². The second-order valence-electron chi connectivity index (χ2n) is 4.30. The molecule has 2 unspecified atom stereocenters. The molecule has 0 spiro atoms. The molecule has 0 aliphatic carbocycles. The first-order chi connectivity index (χ1) is 6.31. The van der Waals surface area contributed by atoms with Crippen LogP contribution in [0, 0.1) is 17.2 Å². The van der Waals surface area contributed by atoms with Gasteiger partial charge in [0.1, 0.15) is 0 Å². The zero-order valence-corrected chi connectivity index (χ0v) is 8.24. The zero-order valence-electron chi connectivity index (χ0n) is 8.24. The summed E-state index contributed by atoms with van der Waals surface area (Å²) in [5.74, 6) is 0.826. The maximum atomic E-state index is 8.67. The lowest BCUT2D eigenvalue weighted by Crippen LogP contribution is -2.44. The molecule has 2 aliphatic rings. The minimum Gasteiger partial charge on any atom is -0.306 e. The minimum atomic E-state index is 0.630. The van der Waals surface area contributed by atoms with Gasteiger partial charge in [0.15, 0.2) is 0 Å². The maximum absolute atomic E-state index is 8.67. The third-order valence-electron chi connectivity index (χ3n) is 3.43. The normalized spacial score (nSPS) is 35.7. The highest BCUT2D eigenvalue weighted by atomic mass is 15.2. The Morgan fingerprint density at radius 3 is 3.00 bits per heavy atom. The molecular formula is C10H17N3. The van der Waals surface area contributed by atoms with Crippen molar-refractivity contribution < 1.29 is 0 Å². The van der Waals surface area contributed by atoms with Crippen LogP contribution < -0.4 is 0 Å². The number of nitrogens with zero attached hydrogens (tertiary/aromatic N) is 3. The summed E-state index contributed by atoms with van der Waals surface area (Å²) >= 11 is 0. The quantitative estimate of drug-likeness (QED) is 0.550. The Bertz CT molecular complexity index is 221. The lowest BCUT2D eigenvalue weighted by molar-refractivity contribution is 0.138. The van der Waals surface area contributed by atoms with E-state index in [1.165, 1.54) is 25.9 Å². The van der Waals surface area contributed by atoms with Crippen molar-refractivity contribution >= 4 is 0 Å². The number of rotatable bonds is 1. The highest BCUT2D eigenvalue weighted by molar-refractivity contribution is 4.94. The van der Waals surface area contributed by atoms with Crippen molar-refractivity contribution in [1.82, 2.24) is 9.80 Å². The van der Waals surface area contributed by atoms with Gasteiger partial charge in [0, 0.05) is 12.6 Å². The lowest BCUT2D eigenvalue weighted by Gasteiger charge is -2.35. The Kier molecular flexibility index (Phi) is 2.52. The van der Waals surface area contributed by atoms with E-state index in [0.717, 1.165) is 12.5 Å². The van der Waals surface area contributed by atoms with Gasteiger partial charge < -0.3 is 4.90 Å². The van der Waals surface area contributed by atoms with Crippen LogP contribution in [0.15, 0.2) is 0 Å². The summed E-state index contributed by atoms with van der Waals surface area (Å²) in [6, 6.07) is 2.97. The molecule has 3 nitrogen and oxygen atoms in total. The van der Waals surface area contributed by atoms with E-state index >= 15 is 0 Å². The van der Waals surface area contributed by atoms with Crippen LogP contribution in [-0.2, 0) is 0 Å². The largest absolute Gasteiger partial charge is 0.306 e. The van der Waals surface area contributed by atoms with E-state index in [-0.39, 0.29) is 0 Å². The summed E-state index contributed by atoms with van der Waals surface area (Å²) < 4.78 is 0. The van der Waals surface area contributed by atoms with Crippen LogP contribution in [0.1, 0.15) is 12.8 Å². The van der Waals surface area contributed by atoms with Gasteiger partial charge in [-0.1, -0.05) is 0 Å². The Balaban J connectivity index is 1.97. The number of hydrogen-bond acceptors (Lipinski definition) is 3. The second kappa shape index (κ2) is 3.65. The zero-order chi connectivity index (χ0) is 9.26. The van der Waals surface area contributed by atoms with Crippen LogP contribution in [0.3, 0.4) is 0 Å². The highest BCUT2D eigenvalue weighted by Crippen LogP contribution is 2.30. The van der Waals surface area contributed by atoms with Crippen LogP contribution in [0.5, 0.6) is 0 Å². The SMILES string of the molecule is CN1CCC2C(CCN2CC#N)C1. The van der Waals surface area contributed by atoms with E-state index in [1.54, 1.807) is 0 Å². The first kappa shape index (κ1) is 8.98. The van der Waals surface area contributed by atoms with Crippen molar-refractivity contribution in [2.24, 2.45) is 5.92 Å². The van der Waals surface area contributed by atoms with Crippen molar-refractivity contribution in [1.29, 1.82) is 5.26 Å². The number of piperidine rings is 1. The third kappa shape index (κ3) is 1.70. The third-order valence-corrected chi connectivity index (χ3v) is 3.43. The Labute approximate surface area is 79.9 Å². The van der Waals surface area contributed by atoms with Gasteiger partial charge in [0.05, 0.1) is 12.6 Å². The van der Waals surface area contributed by atoms with Crippen molar-refractivity contribution in [2.45, 2.75) is 18.9 Å². The van der Waals surface area contributed by atoms with Crippen LogP contribution in [0.4, 0.5) is 0 Å². The van der Waals surface area contributed by atoms with Gasteiger partial charge in [-0.25, -0.2) is 0 Å². The van der Waals surface area contributed by atoms with Gasteiger partial charge in [-0.15, -0.1) is 0 Å². The average molecular weight is 179 g/mol. The number of nitriles is 1. The van der Waals surface area contributed by atoms with Gasteiger partial charge in [0.25, 0.3) is 0 Å². The molecule has 0 aromatic carbocycles. The van der Waals surface area contributed by atoms with E-state index in [2.05, 4.69) is 22.9 Å². The molecule has 3 heteroatoms. The molecule has 0 radical (unpaired) electrons. The van der Waals surface area contributed by atoms with E-state index in [1.807, 2.05) is 0 Å². The van der Waals surface area contributed by atoms with Gasteiger partial charge in [-0.05, 0) is 38.9 Å². The number of fused-ring (bicyclic) bond motifs is 1. The second-order valence-corrected chi connectivity index (χ2v) is 4.30. The number of likely N-dealkylation sites (tertiary alicyclic amines) is 2. The van der Waals surface area contributed by atoms with Gasteiger partial charge in [-0.3, -0.25) is 4.90 Å². The molecule has 2 rings (SSSR count). The fourth-order valence-electron chi connectivity index (χ4n) is 2.75. The van der Waals surface area contributed by atoms with Crippen molar-refractivity contribution in [2.75, 3.05) is 33.2 Å². The molecule has 2 saturated heterocycles. The predicted octanol–water partition coefficient (Wildman–Crippen LogP) is 0.536. The molecule has 2 atom stereocenters. The summed E-state index contributed by atoms with van der Waals surface area (Å²) in [7, 11) is 2.20. The molecule has 0 amide bonds. The van der Waals surface area contributed by atoms with Gasteiger partial charge in [0.2, 0.25) is 0 Å². The molecule has 0 bridgehead atoms. The molecule has 0 saturated carbocycles. The Morgan fingerprint density at radius 1 is 1.38 bits per heavy atom. The fraction of sp³-hybridized carbons (Fsp3) is 0.900. The van der Waals surface area contributed by atoms with Crippen LogP contribution in [0.25, 0.3) is 0 Å². The van der Waals surface area contributed by atoms with Crippen LogP contribution >= 0.6 is 0 Å². The maximum Gasteiger partial charge on any atom is 0.0868 e. The summed E-state index contributed by atoms with van der Waals surface area (Å²) in [6.45, 7) is 4.19. The first-order valence-corrected chi connectivity index (χ1v) is 5.11. The van der Waals surface area contributed by atoms with Gasteiger partial charge in [-0.2, -0.15) is 5.26 Å². The smallest absolute Gasteiger partial charge is 0.0868 e. The molecule has 2 heterocycles. The topological polar surface area (TPSA) is 30.3 Å². The van der Waals surface area contributed by atoms with E-state index in [9.17, 15) is 0 Å². The molecular weight excluding hydrogens is 162 g/mol. The van der Waals surface area contributed by atoms with Crippen LogP contribution in [-0.4, -0.2) is 49.1 Å². The summed E-state index contributed by atoms with van der Waals surface area (Å²) in [4.78, 5) is 4.77. The molecule has 2 fully saturated rings. The monoisotopic (exact) mass is 179 g/mol. The van der Waals surface area contributed by atoms with Crippen molar-refractivity contribution in [3.63, 3.8) is 0 Å². The summed E-state index contributed by atoms with van der Waals surface area (Å²) in [5, 5.41) is 8.67. The van der Waals surface area contributed by atoms with Gasteiger partial charge >= 0.3 is 0 Å². The standard InChI is InChI=1S/C10H17N3/c1-12-5-3-10-9(8-12)2-6-13(10)7-4-11/h9-10H,2-3,5-8H2,1H3. The average Bonchev–Trinajstić information content (AvgIpc) is 2.49. The van der Waals surface area contributed by atoms with Crippen molar-refractivity contribution in [3.05, 3.63) is 0 Å². The first-order valence-electron chi connectivity index (χ1n) is 5.11. The summed E-state index contributed by atoms with van der Waals surface area (Å²) in [6.07, 6.45) is 2.54. The minimum absolute atomic E-state index is 0.630. The van der Waals surface area contributed by atoms with Crippen molar-refractivity contribution in [3.8, 4) is 6.07 Å². The molecule has 72 valence electrons. The molecule has 0 aromatic rings. The Morgan fingerprint density at radius 2 is 2.23 bits per heavy atom. The van der Waals surface area contributed by atoms with Crippen LogP contribution in [0.2, 0.25) is 0 Å². The fourth-order valence-corrected chi connectivity index (χ4v) is 2.75. The Hall–Kier alpha value is -0.590. The predicted molar refractivity (Wildman–Crippen MR) is 51.2 cm³/mol. The van der Waals surface area contributed by atoms with E-state index in [4.69, 9.17) is 5.26 Å². The van der Waals surface area contributed by atoms with E-state index in [0.29, 0.717) is 12.6 Å².